The zero-order chi connectivity index (χ0) is 17.8. The molecular formula is C19H26N2O3S. The van der Waals surface area contributed by atoms with E-state index in [-0.39, 0.29) is 11.4 Å². The van der Waals surface area contributed by atoms with Crippen molar-refractivity contribution in [1.82, 2.24) is 5.32 Å². The number of rotatable bonds is 4. The number of anilines is 1. The van der Waals surface area contributed by atoms with E-state index in [9.17, 15) is 13.2 Å². The maximum Gasteiger partial charge on any atom is 0.251 e. The molecule has 136 valence electrons. The Hall–Kier alpha value is -1.56. The van der Waals surface area contributed by atoms with Gasteiger partial charge in [-0.2, -0.15) is 0 Å². The number of sulfonamides is 1. The molecule has 5 nitrogen and oxygen atoms in total. The third-order valence-electron chi connectivity index (χ3n) is 6.21. The van der Waals surface area contributed by atoms with E-state index in [1.54, 1.807) is 18.2 Å². The van der Waals surface area contributed by atoms with E-state index in [1.807, 2.05) is 6.92 Å². The number of nitrogens with one attached hydrogen (secondary N) is 2. The summed E-state index contributed by atoms with van der Waals surface area (Å²) in [5.74, 6) is 2.23. The van der Waals surface area contributed by atoms with Crippen LogP contribution in [0.1, 0.15) is 54.4 Å². The molecule has 0 unspecified atom stereocenters. The van der Waals surface area contributed by atoms with Gasteiger partial charge in [0.25, 0.3) is 5.91 Å². The predicted octanol–water partition coefficient (Wildman–Crippen LogP) is 3.07. The minimum absolute atomic E-state index is 0.0405. The van der Waals surface area contributed by atoms with Gasteiger partial charge in [-0.1, -0.05) is 6.07 Å². The Bertz CT molecular complexity index is 781. The highest BCUT2D eigenvalue weighted by Crippen LogP contribution is 2.55. The molecule has 0 radical (unpaired) electrons. The van der Waals surface area contributed by atoms with Crippen molar-refractivity contribution in [2.24, 2.45) is 17.8 Å². The third kappa shape index (κ3) is 3.41. The number of hydrogen-bond donors (Lipinski definition) is 2. The van der Waals surface area contributed by atoms with Gasteiger partial charge in [-0.15, -0.1) is 0 Å². The average Bonchev–Trinajstić information content (AvgIpc) is 2.46. The van der Waals surface area contributed by atoms with Crippen LogP contribution < -0.4 is 10.0 Å². The van der Waals surface area contributed by atoms with Crippen LogP contribution in [0.15, 0.2) is 18.2 Å². The van der Waals surface area contributed by atoms with E-state index in [4.69, 9.17) is 0 Å². The summed E-state index contributed by atoms with van der Waals surface area (Å²) in [4.78, 5) is 12.9. The second-order valence-electron chi connectivity index (χ2n) is 8.56. The average molecular weight is 362 g/mol. The van der Waals surface area contributed by atoms with Gasteiger partial charge in [0.2, 0.25) is 10.0 Å². The first kappa shape index (κ1) is 16.9. The van der Waals surface area contributed by atoms with E-state index in [0.717, 1.165) is 48.8 Å². The molecule has 5 rings (SSSR count). The molecular weight excluding hydrogens is 336 g/mol. The lowest BCUT2D eigenvalue weighted by Gasteiger charge is -2.56. The van der Waals surface area contributed by atoms with Crippen LogP contribution in [-0.2, 0) is 10.0 Å². The molecule has 1 aromatic carbocycles. The zero-order valence-corrected chi connectivity index (χ0v) is 15.7. The van der Waals surface area contributed by atoms with Gasteiger partial charge in [-0.3, -0.25) is 9.52 Å². The summed E-state index contributed by atoms with van der Waals surface area (Å²) in [5, 5.41) is 3.33. The molecule has 2 N–H and O–H groups in total. The summed E-state index contributed by atoms with van der Waals surface area (Å²) in [5.41, 5.74) is 1.76. The second-order valence-corrected chi connectivity index (χ2v) is 10.3. The van der Waals surface area contributed by atoms with Crippen molar-refractivity contribution in [1.29, 1.82) is 0 Å². The maximum absolute atomic E-state index is 12.9. The summed E-state index contributed by atoms with van der Waals surface area (Å²) in [6.45, 7) is 1.83. The van der Waals surface area contributed by atoms with Gasteiger partial charge in [-0.25, -0.2) is 8.42 Å². The molecule has 25 heavy (non-hydrogen) atoms. The van der Waals surface area contributed by atoms with Crippen LogP contribution in [0.2, 0.25) is 0 Å². The van der Waals surface area contributed by atoms with Crippen molar-refractivity contribution in [2.45, 2.75) is 51.0 Å². The second kappa shape index (κ2) is 5.73. The SMILES string of the molecule is Cc1ccc(C(=O)NC23CC4CC(CC(C4)C2)C3)cc1NS(C)(=O)=O. The lowest BCUT2D eigenvalue weighted by atomic mass is 9.53. The van der Waals surface area contributed by atoms with Crippen molar-refractivity contribution in [3.63, 3.8) is 0 Å². The number of aryl methyl sites for hydroxylation is 1. The minimum atomic E-state index is -3.37. The van der Waals surface area contributed by atoms with Crippen LogP contribution in [0.5, 0.6) is 0 Å². The molecule has 0 aromatic heterocycles. The van der Waals surface area contributed by atoms with Gasteiger partial charge in [0, 0.05) is 11.1 Å². The quantitative estimate of drug-likeness (QED) is 0.864. The van der Waals surface area contributed by atoms with E-state index < -0.39 is 10.0 Å². The van der Waals surface area contributed by atoms with Crippen LogP contribution >= 0.6 is 0 Å². The Morgan fingerprint density at radius 1 is 1.08 bits per heavy atom. The Morgan fingerprint density at radius 2 is 1.64 bits per heavy atom. The van der Waals surface area contributed by atoms with Crippen LogP contribution in [0.3, 0.4) is 0 Å². The highest BCUT2D eigenvalue weighted by Gasteiger charge is 2.51. The number of benzene rings is 1. The molecule has 4 aliphatic rings. The Kier molecular flexibility index (Phi) is 3.87. The summed E-state index contributed by atoms with van der Waals surface area (Å²) < 4.78 is 25.5. The smallest absolute Gasteiger partial charge is 0.251 e. The molecule has 0 aliphatic heterocycles. The topological polar surface area (TPSA) is 75.3 Å². The molecule has 0 saturated heterocycles. The van der Waals surface area contributed by atoms with E-state index in [1.165, 1.54) is 19.3 Å². The van der Waals surface area contributed by atoms with Gasteiger partial charge in [0.15, 0.2) is 0 Å². The Morgan fingerprint density at radius 3 is 2.16 bits per heavy atom. The van der Waals surface area contributed by atoms with Crippen LogP contribution in [0.25, 0.3) is 0 Å². The number of amides is 1. The first-order chi connectivity index (χ1) is 11.7. The minimum Gasteiger partial charge on any atom is -0.347 e. The highest BCUT2D eigenvalue weighted by atomic mass is 32.2. The highest BCUT2D eigenvalue weighted by molar-refractivity contribution is 7.92. The summed E-state index contributed by atoms with van der Waals surface area (Å²) >= 11 is 0. The normalized spacial score (nSPS) is 33.3. The fourth-order valence-electron chi connectivity index (χ4n) is 5.65. The van der Waals surface area contributed by atoms with Gasteiger partial charge < -0.3 is 5.32 Å². The van der Waals surface area contributed by atoms with Crippen LogP contribution in [0.4, 0.5) is 5.69 Å². The van der Waals surface area contributed by atoms with Gasteiger partial charge in [-0.05, 0) is 80.9 Å². The van der Waals surface area contributed by atoms with Crippen molar-refractivity contribution in [2.75, 3.05) is 11.0 Å². The lowest BCUT2D eigenvalue weighted by Crippen LogP contribution is -2.59. The first-order valence-corrected chi connectivity index (χ1v) is 11.0. The summed E-state index contributed by atoms with van der Waals surface area (Å²) in [6, 6.07) is 5.22. The summed E-state index contributed by atoms with van der Waals surface area (Å²) in [7, 11) is -3.37. The molecule has 4 aliphatic carbocycles. The number of carbonyl (C=O) groups excluding carboxylic acids is 1. The van der Waals surface area contributed by atoms with Crippen LogP contribution in [0, 0.1) is 24.7 Å². The predicted molar refractivity (Wildman–Crippen MR) is 98.0 cm³/mol. The molecule has 4 fully saturated rings. The molecule has 1 aromatic rings. The van der Waals surface area contributed by atoms with E-state index in [0.29, 0.717) is 11.3 Å². The first-order valence-electron chi connectivity index (χ1n) is 9.12. The summed E-state index contributed by atoms with van der Waals surface area (Å²) in [6.07, 6.45) is 8.43. The molecule has 6 heteroatoms. The Labute approximate surface area is 149 Å². The zero-order valence-electron chi connectivity index (χ0n) is 14.8. The largest absolute Gasteiger partial charge is 0.347 e. The van der Waals surface area contributed by atoms with E-state index in [2.05, 4.69) is 10.0 Å². The number of carbonyl (C=O) groups is 1. The molecule has 4 bridgehead atoms. The van der Waals surface area contributed by atoms with Crippen molar-refractivity contribution in [3.05, 3.63) is 29.3 Å². The van der Waals surface area contributed by atoms with Crippen molar-refractivity contribution in [3.8, 4) is 0 Å². The molecule has 0 spiro atoms. The monoisotopic (exact) mass is 362 g/mol. The Balaban J connectivity index is 1.55. The van der Waals surface area contributed by atoms with Gasteiger partial charge >= 0.3 is 0 Å². The number of hydrogen-bond acceptors (Lipinski definition) is 3. The van der Waals surface area contributed by atoms with Crippen LogP contribution in [-0.4, -0.2) is 26.1 Å². The molecule has 1 amide bonds. The van der Waals surface area contributed by atoms with Crippen molar-refractivity contribution < 1.29 is 13.2 Å². The maximum atomic E-state index is 12.9. The fraction of sp³-hybridized carbons (Fsp3) is 0.632. The fourth-order valence-corrected chi connectivity index (χ4v) is 6.27. The molecule has 0 atom stereocenters. The molecule has 4 saturated carbocycles. The van der Waals surface area contributed by atoms with Crippen molar-refractivity contribution >= 4 is 21.6 Å². The standard InChI is InChI=1S/C19H26N2O3S/c1-12-3-4-16(8-17(12)21-25(2,23)24)18(22)20-19-9-13-5-14(10-19)7-15(6-13)11-19/h3-4,8,13-15,21H,5-7,9-11H2,1-2H3,(H,20,22). The lowest BCUT2D eigenvalue weighted by molar-refractivity contribution is -0.0167. The molecule has 0 heterocycles. The third-order valence-corrected chi connectivity index (χ3v) is 6.80. The van der Waals surface area contributed by atoms with E-state index >= 15 is 0 Å². The van der Waals surface area contributed by atoms with Gasteiger partial charge in [0.1, 0.15) is 0 Å². The van der Waals surface area contributed by atoms with Gasteiger partial charge in [0.05, 0.1) is 11.9 Å².